The van der Waals surface area contributed by atoms with Gasteiger partial charge in [0.25, 0.3) is 0 Å². The summed E-state index contributed by atoms with van der Waals surface area (Å²) in [6, 6.07) is 0. The monoisotopic (exact) mass is 298 g/mol. The van der Waals surface area contributed by atoms with Gasteiger partial charge in [-0.1, -0.05) is 19.3 Å². The molecule has 0 amide bonds. The number of likely N-dealkylation sites (tertiary alicyclic amines) is 1. The van der Waals surface area contributed by atoms with Gasteiger partial charge in [-0.05, 0) is 58.7 Å². The second kappa shape index (κ2) is 7.91. The topological polar surface area (TPSA) is 46.9 Å². The van der Waals surface area contributed by atoms with Gasteiger partial charge in [0.15, 0.2) is 0 Å². The van der Waals surface area contributed by atoms with E-state index in [1.807, 2.05) is 6.92 Å². The van der Waals surface area contributed by atoms with Crippen LogP contribution >= 0.6 is 0 Å². The molecule has 1 unspecified atom stereocenters. The molecule has 2 fully saturated rings. The van der Waals surface area contributed by atoms with Gasteiger partial charge in [-0.15, -0.1) is 0 Å². The molecule has 0 aromatic carbocycles. The average molecular weight is 298 g/mol. The molecule has 1 atom stereocenters. The van der Waals surface area contributed by atoms with Crippen molar-refractivity contribution in [1.29, 1.82) is 0 Å². The third-order valence-electron chi connectivity index (χ3n) is 5.15. The maximum absolute atomic E-state index is 10.6. The molecular formula is C17H34N2O2. The van der Waals surface area contributed by atoms with E-state index in [1.165, 1.54) is 32.1 Å². The molecule has 1 aliphatic carbocycles. The van der Waals surface area contributed by atoms with Gasteiger partial charge in [0, 0.05) is 19.6 Å². The van der Waals surface area contributed by atoms with E-state index in [9.17, 15) is 10.2 Å². The predicted molar refractivity (Wildman–Crippen MR) is 86.4 cm³/mol. The van der Waals surface area contributed by atoms with Gasteiger partial charge in [0.1, 0.15) is 0 Å². The standard InChI is InChI=1S/C17H34N2O2/c1-15(20)12-19-10-6-16(7-11-19)13-18(2)14-17(21)8-4-3-5-9-17/h15-16,20-21H,3-14H2,1-2H3. The van der Waals surface area contributed by atoms with E-state index < -0.39 is 5.60 Å². The van der Waals surface area contributed by atoms with Crippen molar-refractivity contribution in [1.82, 2.24) is 9.80 Å². The smallest absolute Gasteiger partial charge is 0.0774 e. The van der Waals surface area contributed by atoms with Gasteiger partial charge in [0.05, 0.1) is 11.7 Å². The maximum Gasteiger partial charge on any atom is 0.0774 e. The largest absolute Gasteiger partial charge is 0.392 e. The lowest BCUT2D eigenvalue weighted by molar-refractivity contribution is -0.0252. The minimum Gasteiger partial charge on any atom is -0.392 e. The van der Waals surface area contributed by atoms with Crippen molar-refractivity contribution in [2.24, 2.45) is 5.92 Å². The Morgan fingerprint density at radius 3 is 2.38 bits per heavy atom. The summed E-state index contributed by atoms with van der Waals surface area (Å²) in [4.78, 5) is 4.72. The van der Waals surface area contributed by atoms with Crippen molar-refractivity contribution in [2.75, 3.05) is 39.8 Å². The minimum atomic E-state index is -0.431. The Morgan fingerprint density at radius 2 is 1.81 bits per heavy atom. The van der Waals surface area contributed by atoms with Gasteiger partial charge in [0.2, 0.25) is 0 Å². The second-order valence-electron chi connectivity index (χ2n) is 7.57. The summed E-state index contributed by atoms with van der Waals surface area (Å²) < 4.78 is 0. The van der Waals surface area contributed by atoms with Crippen molar-refractivity contribution in [3.8, 4) is 0 Å². The van der Waals surface area contributed by atoms with E-state index in [0.29, 0.717) is 0 Å². The van der Waals surface area contributed by atoms with Crippen LogP contribution in [-0.4, -0.2) is 71.5 Å². The van der Waals surface area contributed by atoms with Crippen LogP contribution in [0.2, 0.25) is 0 Å². The minimum absolute atomic E-state index is 0.218. The zero-order valence-corrected chi connectivity index (χ0v) is 13.9. The van der Waals surface area contributed by atoms with Crippen LogP contribution in [0, 0.1) is 5.92 Å². The Balaban J connectivity index is 1.68. The van der Waals surface area contributed by atoms with Crippen LogP contribution in [0.3, 0.4) is 0 Å². The van der Waals surface area contributed by atoms with Gasteiger partial charge >= 0.3 is 0 Å². The molecule has 0 aromatic rings. The number of β-amino-alcohol motifs (C(OH)–C–C–N with tert-alkyl or cyclic N) is 1. The first kappa shape index (κ1) is 17.2. The van der Waals surface area contributed by atoms with Crippen LogP contribution in [0.25, 0.3) is 0 Å². The predicted octanol–water partition coefficient (Wildman–Crippen LogP) is 1.71. The molecule has 0 aromatic heterocycles. The van der Waals surface area contributed by atoms with E-state index in [-0.39, 0.29) is 6.10 Å². The first-order chi connectivity index (χ1) is 9.97. The third-order valence-corrected chi connectivity index (χ3v) is 5.15. The Morgan fingerprint density at radius 1 is 1.19 bits per heavy atom. The molecular weight excluding hydrogens is 264 g/mol. The van der Waals surface area contributed by atoms with Crippen LogP contribution < -0.4 is 0 Å². The fourth-order valence-corrected chi connectivity index (χ4v) is 4.10. The number of rotatable bonds is 6. The Bertz CT molecular complexity index is 295. The Labute approximate surface area is 130 Å². The molecule has 124 valence electrons. The number of piperidine rings is 1. The van der Waals surface area contributed by atoms with E-state index in [1.54, 1.807) is 0 Å². The van der Waals surface area contributed by atoms with Crippen molar-refractivity contribution >= 4 is 0 Å². The fourth-order valence-electron chi connectivity index (χ4n) is 4.10. The molecule has 1 heterocycles. The summed E-state index contributed by atoms with van der Waals surface area (Å²) in [5, 5.41) is 20.1. The molecule has 2 rings (SSSR count). The second-order valence-corrected chi connectivity index (χ2v) is 7.57. The number of hydrogen-bond donors (Lipinski definition) is 2. The van der Waals surface area contributed by atoms with Crippen LogP contribution in [-0.2, 0) is 0 Å². The van der Waals surface area contributed by atoms with E-state index in [2.05, 4.69) is 16.8 Å². The summed E-state index contributed by atoms with van der Waals surface area (Å²) in [6.07, 6.45) is 7.82. The van der Waals surface area contributed by atoms with Crippen molar-refractivity contribution < 1.29 is 10.2 Å². The van der Waals surface area contributed by atoms with Crippen LogP contribution in [0.4, 0.5) is 0 Å². The highest BCUT2D eigenvalue weighted by Gasteiger charge is 2.31. The summed E-state index contributed by atoms with van der Waals surface area (Å²) in [5.41, 5.74) is -0.431. The zero-order valence-electron chi connectivity index (χ0n) is 13.9. The quantitative estimate of drug-likeness (QED) is 0.784. The van der Waals surface area contributed by atoms with Gasteiger partial charge in [-0.25, -0.2) is 0 Å². The molecule has 0 spiro atoms. The van der Waals surface area contributed by atoms with E-state index in [4.69, 9.17) is 0 Å². The SMILES string of the molecule is CC(O)CN1CCC(CN(C)CC2(O)CCCCC2)CC1. The number of hydrogen-bond acceptors (Lipinski definition) is 4. The van der Waals surface area contributed by atoms with Crippen LogP contribution in [0.1, 0.15) is 51.9 Å². The Kier molecular flexibility index (Phi) is 6.48. The summed E-state index contributed by atoms with van der Waals surface area (Å²) in [5.74, 6) is 0.743. The van der Waals surface area contributed by atoms with E-state index in [0.717, 1.165) is 51.5 Å². The van der Waals surface area contributed by atoms with Crippen molar-refractivity contribution in [3.05, 3.63) is 0 Å². The molecule has 1 saturated heterocycles. The maximum atomic E-state index is 10.6. The van der Waals surface area contributed by atoms with Crippen LogP contribution in [0.5, 0.6) is 0 Å². The molecule has 4 nitrogen and oxygen atoms in total. The number of nitrogens with zero attached hydrogens (tertiary/aromatic N) is 2. The van der Waals surface area contributed by atoms with Crippen LogP contribution in [0.15, 0.2) is 0 Å². The highest BCUT2D eigenvalue weighted by molar-refractivity contribution is 4.86. The molecule has 0 radical (unpaired) electrons. The first-order valence-corrected chi connectivity index (χ1v) is 8.78. The normalized spacial score (nSPS) is 26.1. The zero-order chi connectivity index (χ0) is 15.3. The molecule has 4 heteroatoms. The number of aliphatic hydroxyl groups is 2. The highest BCUT2D eigenvalue weighted by Crippen LogP contribution is 2.29. The molecule has 2 aliphatic rings. The molecule has 0 bridgehead atoms. The molecule has 1 saturated carbocycles. The van der Waals surface area contributed by atoms with Gasteiger partial charge in [-0.3, -0.25) is 0 Å². The first-order valence-electron chi connectivity index (χ1n) is 8.78. The van der Waals surface area contributed by atoms with Crippen molar-refractivity contribution in [2.45, 2.75) is 63.6 Å². The Hall–Kier alpha value is -0.160. The summed E-state index contributed by atoms with van der Waals surface area (Å²) in [7, 11) is 2.16. The third kappa shape index (κ3) is 5.85. The molecule has 1 aliphatic heterocycles. The summed E-state index contributed by atoms with van der Waals surface area (Å²) >= 11 is 0. The van der Waals surface area contributed by atoms with Gasteiger partial charge < -0.3 is 20.0 Å². The number of likely N-dealkylation sites (N-methyl/N-ethyl adjacent to an activating group) is 1. The van der Waals surface area contributed by atoms with Crippen molar-refractivity contribution in [3.63, 3.8) is 0 Å². The fraction of sp³-hybridized carbons (Fsp3) is 1.00. The molecule has 2 N–H and O–H groups in total. The van der Waals surface area contributed by atoms with E-state index >= 15 is 0 Å². The lowest BCUT2D eigenvalue weighted by atomic mass is 9.84. The average Bonchev–Trinajstić information content (AvgIpc) is 2.40. The summed E-state index contributed by atoms with van der Waals surface area (Å²) in [6.45, 7) is 6.82. The lowest BCUT2D eigenvalue weighted by Gasteiger charge is -2.38. The highest BCUT2D eigenvalue weighted by atomic mass is 16.3. The lowest BCUT2D eigenvalue weighted by Crippen LogP contribution is -2.46. The number of aliphatic hydroxyl groups excluding tert-OH is 1. The molecule has 21 heavy (non-hydrogen) atoms. The van der Waals surface area contributed by atoms with Gasteiger partial charge in [-0.2, -0.15) is 0 Å².